The molecule has 0 radical (unpaired) electrons. The van der Waals surface area contributed by atoms with Gasteiger partial charge in [-0.25, -0.2) is 8.78 Å². The van der Waals surface area contributed by atoms with Gasteiger partial charge in [0.05, 0.1) is 5.60 Å². The van der Waals surface area contributed by atoms with E-state index >= 15 is 8.78 Å². The van der Waals surface area contributed by atoms with E-state index in [0.29, 0.717) is 24.7 Å². The highest BCUT2D eigenvalue weighted by atomic mass is 19.3. The molecule has 4 fully saturated rings. The fourth-order valence-corrected chi connectivity index (χ4v) is 9.01. The number of hydrogen-bond donors (Lipinski definition) is 2. The van der Waals surface area contributed by atoms with E-state index in [1.807, 2.05) is 13.8 Å². The topological polar surface area (TPSA) is 57.5 Å². The maximum Gasteiger partial charge on any atom is 0.252 e. The highest BCUT2D eigenvalue weighted by Crippen LogP contribution is 2.70. The Morgan fingerprint density at radius 1 is 1.06 bits per heavy atom. The summed E-state index contributed by atoms with van der Waals surface area (Å²) in [5.74, 6) is -3.72. The van der Waals surface area contributed by atoms with E-state index in [1.165, 1.54) is 0 Å². The number of alkyl halides is 2. The summed E-state index contributed by atoms with van der Waals surface area (Å²) in [6.07, 6.45) is 6.06. The Labute approximate surface area is 192 Å². The van der Waals surface area contributed by atoms with Gasteiger partial charge in [-0.05, 0) is 93.3 Å². The third-order valence-electron chi connectivity index (χ3n) is 10.7. The maximum atomic E-state index is 15.8. The molecule has 5 heteroatoms. The first-order valence-electron chi connectivity index (χ1n) is 13.0. The van der Waals surface area contributed by atoms with E-state index in [0.717, 1.165) is 44.9 Å². The molecule has 2 N–H and O–H groups in total. The van der Waals surface area contributed by atoms with Crippen molar-refractivity contribution in [1.82, 2.24) is 0 Å². The van der Waals surface area contributed by atoms with Crippen LogP contribution in [0.3, 0.4) is 0 Å². The second-order valence-corrected chi connectivity index (χ2v) is 13.1. The monoisotopic (exact) mass is 454 g/mol. The number of aliphatic hydroxyl groups excluding tert-OH is 1. The molecule has 0 saturated heterocycles. The Morgan fingerprint density at radius 2 is 1.69 bits per heavy atom. The fraction of sp³-hybridized carbons (Fsp3) is 0.963. The lowest BCUT2D eigenvalue weighted by Crippen LogP contribution is -2.63. The number of carbonyl (C=O) groups excluding carboxylic acids is 1. The first-order valence-corrected chi connectivity index (χ1v) is 13.0. The lowest BCUT2D eigenvalue weighted by molar-refractivity contribution is -0.233. The van der Waals surface area contributed by atoms with E-state index in [9.17, 15) is 15.0 Å². The van der Waals surface area contributed by atoms with Gasteiger partial charge in [-0.15, -0.1) is 0 Å². The third kappa shape index (κ3) is 3.87. The van der Waals surface area contributed by atoms with Crippen molar-refractivity contribution in [1.29, 1.82) is 0 Å². The summed E-state index contributed by atoms with van der Waals surface area (Å²) in [5.41, 5.74) is -1.12. The molecule has 0 bridgehead atoms. The van der Waals surface area contributed by atoms with Crippen LogP contribution in [0, 0.1) is 46.3 Å². The smallest absolute Gasteiger partial charge is 0.252 e. The molecule has 0 heterocycles. The van der Waals surface area contributed by atoms with Gasteiger partial charge in [-0.1, -0.05) is 33.6 Å². The number of carbonyl (C=O) groups is 1. The molecule has 4 saturated carbocycles. The van der Waals surface area contributed by atoms with Gasteiger partial charge in [-0.2, -0.15) is 0 Å². The van der Waals surface area contributed by atoms with Crippen molar-refractivity contribution in [2.75, 3.05) is 0 Å². The number of halogens is 2. The van der Waals surface area contributed by atoms with Crippen LogP contribution in [-0.4, -0.2) is 33.6 Å². The standard InChI is InChI=1S/C27H44F2O3/c1-16(7-6-12-24(2,3)32)17-8-9-18-22-19(10-13-25(17,18)4)26(5)14-11-21(30)23(31)20(26)15-27(22,28)29/h16-22,30,32H,6-15H2,1-5H3/t16-,17-,18+,19+,20+,21+,22+,25-,26-/m1/s1. The molecule has 0 amide bonds. The number of Topliss-reactive ketones (excluding diaryl/α,β-unsaturated/α-hetero) is 1. The van der Waals surface area contributed by atoms with Crippen molar-refractivity contribution in [2.24, 2.45) is 46.3 Å². The lowest BCUT2D eigenvalue weighted by atomic mass is 9.43. The summed E-state index contributed by atoms with van der Waals surface area (Å²) in [6, 6.07) is 0. The van der Waals surface area contributed by atoms with Crippen molar-refractivity contribution in [3.63, 3.8) is 0 Å². The zero-order valence-corrected chi connectivity index (χ0v) is 20.7. The number of ketones is 1. The normalized spacial score (nSPS) is 46.8. The molecule has 0 aromatic heterocycles. The van der Waals surface area contributed by atoms with Crippen LogP contribution in [0.5, 0.6) is 0 Å². The molecule has 184 valence electrons. The first-order chi connectivity index (χ1) is 14.7. The second kappa shape index (κ2) is 8.00. The average molecular weight is 455 g/mol. The number of hydrogen-bond acceptors (Lipinski definition) is 3. The molecule has 4 aliphatic carbocycles. The van der Waals surface area contributed by atoms with Crippen molar-refractivity contribution >= 4 is 5.78 Å². The van der Waals surface area contributed by atoms with Gasteiger partial charge in [0.1, 0.15) is 6.10 Å². The van der Waals surface area contributed by atoms with Crippen molar-refractivity contribution in [3.8, 4) is 0 Å². The highest BCUT2D eigenvalue weighted by molar-refractivity contribution is 5.87. The van der Waals surface area contributed by atoms with Crippen LogP contribution in [-0.2, 0) is 4.79 Å². The SMILES string of the molecule is C[C@H](CCCC(C)(C)O)[C@H]1CC[C@H]2[C@H]3[C@H](CC[C@]12C)[C@@]1(C)CC[C@H](O)C(=O)[C@@H]1CC3(F)F. The van der Waals surface area contributed by atoms with Crippen molar-refractivity contribution in [2.45, 2.75) is 116 Å². The molecule has 4 rings (SSSR count). The largest absolute Gasteiger partial charge is 0.390 e. The minimum atomic E-state index is -2.84. The van der Waals surface area contributed by atoms with Crippen LogP contribution in [0.2, 0.25) is 0 Å². The molecule has 0 unspecified atom stereocenters. The molecular formula is C27H44F2O3. The molecule has 32 heavy (non-hydrogen) atoms. The molecule has 0 spiro atoms. The summed E-state index contributed by atoms with van der Waals surface area (Å²) in [7, 11) is 0. The van der Waals surface area contributed by atoms with E-state index < -0.39 is 34.9 Å². The van der Waals surface area contributed by atoms with Crippen LogP contribution in [0.15, 0.2) is 0 Å². The van der Waals surface area contributed by atoms with E-state index in [2.05, 4.69) is 20.8 Å². The van der Waals surface area contributed by atoms with Gasteiger partial charge < -0.3 is 10.2 Å². The molecular weight excluding hydrogens is 410 g/mol. The third-order valence-corrected chi connectivity index (χ3v) is 10.7. The molecule has 9 atom stereocenters. The average Bonchev–Trinajstić information content (AvgIpc) is 3.03. The second-order valence-electron chi connectivity index (χ2n) is 13.1. The van der Waals surface area contributed by atoms with E-state index in [4.69, 9.17) is 0 Å². The van der Waals surface area contributed by atoms with Gasteiger partial charge in [0.15, 0.2) is 5.78 Å². The van der Waals surface area contributed by atoms with Gasteiger partial charge >= 0.3 is 0 Å². The van der Waals surface area contributed by atoms with Gasteiger partial charge in [0.25, 0.3) is 5.92 Å². The molecule has 0 aromatic rings. The Kier molecular flexibility index (Phi) is 6.14. The lowest BCUT2D eigenvalue weighted by Gasteiger charge is -2.62. The van der Waals surface area contributed by atoms with E-state index in [-0.39, 0.29) is 29.5 Å². The van der Waals surface area contributed by atoms with Crippen LogP contribution in [0.4, 0.5) is 8.78 Å². The summed E-state index contributed by atoms with van der Waals surface area (Å²) in [5, 5.41) is 20.1. The van der Waals surface area contributed by atoms with Crippen LogP contribution < -0.4 is 0 Å². The predicted octanol–water partition coefficient (Wildman–Crippen LogP) is 6.01. The zero-order valence-electron chi connectivity index (χ0n) is 20.7. The Balaban J connectivity index is 1.56. The van der Waals surface area contributed by atoms with Crippen LogP contribution >= 0.6 is 0 Å². The number of aliphatic hydroxyl groups is 2. The highest BCUT2D eigenvalue weighted by Gasteiger charge is 2.69. The maximum absolute atomic E-state index is 15.8. The molecule has 0 aliphatic heterocycles. The molecule has 0 aromatic carbocycles. The Bertz CT molecular complexity index is 731. The van der Waals surface area contributed by atoms with Gasteiger partial charge in [-0.3, -0.25) is 4.79 Å². The van der Waals surface area contributed by atoms with Crippen molar-refractivity contribution in [3.05, 3.63) is 0 Å². The summed E-state index contributed by atoms with van der Waals surface area (Å²) < 4.78 is 31.6. The minimum Gasteiger partial charge on any atom is -0.390 e. The van der Waals surface area contributed by atoms with Crippen LogP contribution in [0.1, 0.15) is 98.8 Å². The predicted molar refractivity (Wildman–Crippen MR) is 121 cm³/mol. The van der Waals surface area contributed by atoms with Crippen molar-refractivity contribution < 1.29 is 23.8 Å². The number of rotatable bonds is 5. The summed E-state index contributed by atoms with van der Waals surface area (Å²) >= 11 is 0. The molecule has 3 nitrogen and oxygen atoms in total. The van der Waals surface area contributed by atoms with Gasteiger partial charge in [0, 0.05) is 18.3 Å². The summed E-state index contributed by atoms with van der Waals surface area (Å²) in [6.45, 7) is 10.3. The Hall–Kier alpha value is -0.550. The zero-order chi connectivity index (χ0) is 23.7. The number of fused-ring (bicyclic) bond motifs is 5. The Morgan fingerprint density at radius 3 is 2.34 bits per heavy atom. The quantitative estimate of drug-likeness (QED) is 0.535. The minimum absolute atomic E-state index is 0.0118. The van der Waals surface area contributed by atoms with Crippen LogP contribution in [0.25, 0.3) is 0 Å². The first kappa shape index (κ1) is 24.6. The van der Waals surface area contributed by atoms with E-state index in [1.54, 1.807) is 0 Å². The molecule has 4 aliphatic rings. The fourth-order valence-electron chi connectivity index (χ4n) is 9.01. The summed E-state index contributed by atoms with van der Waals surface area (Å²) in [4.78, 5) is 12.7. The van der Waals surface area contributed by atoms with Gasteiger partial charge in [0.2, 0.25) is 0 Å².